The molecule has 0 radical (unpaired) electrons. The molecule has 0 spiro atoms. The average Bonchev–Trinajstić information content (AvgIpc) is 3.28. The molecule has 34 heavy (non-hydrogen) atoms. The molecule has 8 nitrogen and oxygen atoms in total. The van der Waals surface area contributed by atoms with E-state index in [1.165, 1.54) is 0 Å². The van der Waals surface area contributed by atoms with Crippen LogP contribution in [0.5, 0.6) is 0 Å². The van der Waals surface area contributed by atoms with Crippen molar-refractivity contribution >= 4 is 52.0 Å². The van der Waals surface area contributed by atoms with Crippen LogP contribution in [0.25, 0.3) is 0 Å². The molecule has 3 amide bonds. The van der Waals surface area contributed by atoms with Crippen LogP contribution in [0.3, 0.4) is 0 Å². The Labute approximate surface area is 206 Å². The minimum atomic E-state index is -0.469. The lowest BCUT2D eigenvalue weighted by atomic mass is 9.97. The van der Waals surface area contributed by atoms with Gasteiger partial charge in [-0.05, 0) is 68.1 Å². The van der Waals surface area contributed by atoms with E-state index in [1.807, 2.05) is 32.0 Å². The lowest BCUT2D eigenvalue weighted by Gasteiger charge is -2.31. The Bertz CT molecular complexity index is 1220. The Hall–Kier alpha value is -3.30. The van der Waals surface area contributed by atoms with Crippen molar-refractivity contribution in [1.82, 2.24) is 15.1 Å². The summed E-state index contributed by atoms with van der Waals surface area (Å²) in [5, 5.41) is 14.1. The number of halogens is 1. The average molecular weight is 498 g/mol. The molecule has 0 unspecified atom stereocenters. The Morgan fingerprint density at radius 1 is 1.00 bits per heavy atom. The fourth-order valence-electron chi connectivity index (χ4n) is 3.95. The predicted octanol–water partition coefficient (Wildman–Crippen LogP) is 4.55. The summed E-state index contributed by atoms with van der Waals surface area (Å²) in [7, 11) is 0. The first-order valence-electron chi connectivity index (χ1n) is 10.9. The zero-order chi connectivity index (χ0) is 24.2. The number of rotatable bonds is 5. The second kappa shape index (κ2) is 10.3. The number of likely N-dealkylation sites (tertiary alicyclic amines) is 1. The van der Waals surface area contributed by atoms with E-state index in [4.69, 9.17) is 11.6 Å². The molecule has 1 atom stereocenters. The number of anilines is 2. The highest BCUT2D eigenvalue weighted by Gasteiger charge is 2.31. The van der Waals surface area contributed by atoms with Crippen LogP contribution < -0.4 is 10.6 Å². The molecule has 1 fully saturated rings. The van der Waals surface area contributed by atoms with Crippen molar-refractivity contribution in [2.75, 3.05) is 23.7 Å². The van der Waals surface area contributed by atoms with Gasteiger partial charge in [-0.25, -0.2) is 0 Å². The minimum Gasteiger partial charge on any atom is -0.336 e. The van der Waals surface area contributed by atoms with Crippen molar-refractivity contribution in [3.63, 3.8) is 0 Å². The predicted molar refractivity (Wildman–Crippen MR) is 132 cm³/mol. The summed E-state index contributed by atoms with van der Waals surface area (Å²) in [5.74, 6) is -1.23. The third-order valence-electron chi connectivity index (χ3n) is 5.45. The van der Waals surface area contributed by atoms with Gasteiger partial charge in [-0.2, -0.15) is 0 Å². The first-order valence-corrected chi connectivity index (χ1v) is 12.1. The van der Waals surface area contributed by atoms with E-state index in [9.17, 15) is 14.4 Å². The fourth-order valence-corrected chi connectivity index (χ4v) is 4.85. The van der Waals surface area contributed by atoms with Crippen LogP contribution >= 0.6 is 22.9 Å². The van der Waals surface area contributed by atoms with E-state index < -0.39 is 5.91 Å². The monoisotopic (exact) mass is 497 g/mol. The number of aromatic nitrogens is 2. The molecule has 1 aliphatic rings. The van der Waals surface area contributed by atoms with E-state index >= 15 is 0 Å². The fraction of sp³-hybridized carbons (Fsp3) is 0.292. The maximum atomic E-state index is 13.0. The van der Waals surface area contributed by atoms with Gasteiger partial charge in [-0.1, -0.05) is 35.1 Å². The van der Waals surface area contributed by atoms with Gasteiger partial charge in [-0.15, -0.1) is 10.2 Å². The number of piperidine rings is 1. The zero-order valence-corrected chi connectivity index (χ0v) is 20.4. The molecule has 1 aliphatic heterocycles. The van der Waals surface area contributed by atoms with Crippen LogP contribution in [0.4, 0.5) is 11.4 Å². The van der Waals surface area contributed by atoms with E-state index in [0.717, 1.165) is 28.2 Å². The summed E-state index contributed by atoms with van der Waals surface area (Å²) in [4.78, 5) is 39.9. The van der Waals surface area contributed by atoms with Crippen molar-refractivity contribution in [3.05, 3.63) is 68.6 Å². The quantitative estimate of drug-likeness (QED) is 0.538. The molecule has 10 heteroatoms. The number of nitrogens with zero attached hydrogens (tertiary/aromatic N) is 3. The van der Waals surface area contributed by atoms with Crippen molar-refractivity contribution in [1.29, 1.82) is 0 Å². The molecule has 2 N–H and O–H groups in total. The van der Waals surface area contributed by atoms with Crippen LogP contribution in [0.15, 0.2) is 42.5 Å². The molecule has 2 heterocycles. The molecule has 3 aromatic rings. The second-order valence-corrected chi connectivity index (χ2v) is 9.75. The standard InChI is InChI=1S/C24H24ClN5O3S/c1-14-9-15(2)11-19(10-14)27-20(31)16-5-4-8-30(13-16)24(33)23-29-28-22(34-23)21(32)26-18-7-3-6-17(25)12-18/h3,6-7,9-12,16H,4-5,8,13H2,1-2H3,(H,26,32)(H,27,31)/t16-/m1/s1. The van der Waals surface area contributed by atoms with Crippen LogP contribution in [0, 0.1) is 19.8 Å². The highest BCUT2D eigenvalue weighted by atomic mass is 35.5. The van der Waals surface area contributed by atoms with Crippen molar-refractivity contribution in [2.24, 2.45) is 5.92 Å². The van der Waals surface area contributed by atoms with Gasteiger partial charge in [0.1, 0.15) is 0 Å². The topological polar surface area (TPSA) is 104 Å². The van der Waals surface area contributed by atoms with Gasteiger partial charge >= 0.3 is 0 Å². The molecule has 4 rings (SSSR count). The zero-order valence-electron chi connectivity index (χ0n) is 18.8. The third kappa shape index (κ3) is 5.78. The van der Waals surface area contributed by atoms with Gasteiger partial charge in [0.05, 0.1) is 5.92 Å². The SMILES string of the molecule is Cc1cc(C)cc(NC(=O)[C@@H]2CCCN(C(=O)c3nnc(C(=O)Nc4cccc(Cl)c4)s3)C2)c1. The molecule has 0 bridgehead atoms. The summed E-state index contributed by atoms with van der Waals surface area (Å²) < 4.78 is 0. The normalized spacial score (nSPS) is 15.6. The summed E-state index contributed by atoms with van der Waals surface area (Å²) >= 11 is 6.87. The number of benzene rings is 2. The molecule has 2 aromatic carbocycles. The van der Waals surface area contributed by atoms with Gasteiger partial charge in [-0.3, -0.25) is 14.4 Å². The maximum Gasteiger partial charge on any atom is 0.286 e. The Morgan fingerprint density at radius 3 is 2.47 bits per heavy atom. The summed E-state index contributed by atoms with van der Waals surface area (Å²) in [6.45, 7) is 4.78. The largest absolute Gasteiger partial charge is 0.336 e. The first kappa shape index (κ1) is 23.8. The Kier molecular flexibility index (Phi) is 7.23. The van der Waals surface area contributed by atoms with Gasteiger partial charge in [0.25, 0.3) is 11.8 Å². The number of hydrogen-bond donors (Lipinski definition) is 2. The molecular weight excluding hydrogens is 474 g/mol. The maximum absolute atomic E-state index is 13.0. The van der Waals surface area contributed by atoms with Crippen molar-refractivity contribution in [3.8, 4) is 0 Å². The van der Waals surface area contributed by atoms with Gasteiger partial charge in [0, 0.05) is 29.5 Å². The van der Waals surface area contributed by atoms with Gasteiger partial charge < -0.3 is 15.5 Å². The Balaban J connectivity index is 1.38. The van der Waals surface area contributed by atoms with Crippen LogP contribution in [-0.4, -0.2) is 45.9 Å². The third-order valence-corrected chi connectivity index (χ3v) is 6.60. The summed E-state index contributed by atoms with van der Waals surface area (Å²) in [6.07, 6.45) is 1.40. The Morgan fingerprint density at radius 2 is 1.74 bits per heavy atom. The first-order chi connectivity index (χ1) is 16.3. The summed E-state index contributed by atoms with van der Waals surface area (Å²) in [5.41, 5.74) is 3.42. The number of hydrogen-bond acceptors (Lipinski definition) is 6. The van der Waals surface area contributed by atoms with Gasteiger partial charge in [0.2, 0.25) is 15.9 Å². The van der Waals surface area contributed by atoms with Crippen LogP contribution in [-0.2, 0) is 4.79 Å². The number of carbonyl (C=O) groups excluding carboxylic acids is 3. The van der Waals surface area contributed by atoms with E-state index in [2.05, 4.69) is 20.8 Å². The van der Waals surface area contributed by atoms with Crippen LogP contribution in [0.1, 0.15) is 43.6 Å². The van der Waals surface area contributed by atoms with E-state index in [0.29, 0.717) is 36.6 Å². The molecular formula is C24H24ClN5O3S. The van der Waals surface area contributed by atoms with Crippen molar-refractivity contribution in [2.45, 2.75) is 26.7 Å². The lowest BCUT2D eigenvalue weighted by Crippen LogP contribution is -2.43. The van der Waals surface area contributed by atoms with Gasteiger partial charge in [0.15, 0.2) is 0 Å². The molecule has 1 saturated heterocycles. The highest BCUT2D eigenvalue weighted by molar-refractivity contribution is 7.15. The van der Waals surface area contributed by atoms with E-state index in [-0.39, 0.29) is 27.7 Å². The second-order valence-electron chi connectivity index (χ2n) is 8.33. The highest BCUT2D eigenvalue weighted by Crippen LogP contribution is 2.23. The van der Waals surface area contributed by atoms with Crippen LogP contribution in [0.2, 0.25) is 5.02 Å². The summed E-state index contributed by atoms with van der Waals surface area (Å²) in [6, 6.07) is 12.6. The molecule has 176 valence electrons. The lowest BCUT2D eigenvalue weighted by molar-refractivity contribution is -0.121. The minimum absolute atomic E-state index is 0.0736. The smallest absolute Gasteiger partial charge is 0.286 e. The molecule has 0 aliphatic carbocycles. The number of amides is 3. The molecule has 1 aromatic heterocycles. The van der Waals surface area contributed by atoms with Crippen molar-refractivity contribution < 1.29 is 14.4 Å². The number of aryl methyl sites for hydroxylation is 2. The number of nitrogens with one attached hydrogen (secondary N) is 2. The molecule has 0 saturated carbocycles. The number of carbonyl (C=O) groups is 3. The van der Waals surface area contributed by atoms with E-state index in [1.54, 1.807) is 29.2 Å².